The van der Waals surface area contributed by atoms with E-state index < -0.39 is 0 Å². The van der Waals surface area contributed by atoms with Gasteiger partial charge in [0.05, 0.1) is 0 Å². The van der Waals surface area contributed by atoms with Crippen LogP contribution >= 0.6 is 15.9 Å². The van der Waals surface area contributed by atoms with Crippen molar-refractivity contribution in [1.82, 2.24) is 9.80 Å². The van der Waals surface area contributed by atoms with E-state index in [1.54, 1.807) is 0 Å². The molecule has 0 spiro atoms. The molecule has 30 heavy (non-hydrogen) atoms. The second kappa shape index (κ2) is 9.20. The highest BCUT2D eigenvalue weighted by atomic mass is 79.9. The van der Waals surface area contributed by atoms with E-state index in [1.165, 1.54) is 38.6 Å². The summed E-state index contributed by atoms with van der Waals surface area (Å²) in [6, 6.07) is 5.89. The largest absolute Gasteiger partial charge is 0.483 e. The zero-order valence-electron chi connectivity index (χ0n) is 18.8. The van der Waals surface area contributed by atoms with Gasteiger partial charge in [-0.25, -0.2) is 0 Å². The third-order valence-electron chi connectivity index (χ3n) is 7.53. The molecule has 4 nitrogen and oxygen atoms in total. The molecule has 1 saturated heterocycles. The summed E-state index contributed by atoms with van der Waals surface area (Å²) in [5, 5.41) is 0. The molecule has 4 rings (SSSR count). The molecule has 1 aromatic rings. The smallest absolute Gasteiger partial charge is 0.260 e. The van der Waals surface area contributed by atoms with E-state index in [0.29, 0.717) is 5.41 Å². The van der Waals surface area contributed by atoms with Crippen molar-refractivity contribution in [2.75, 3.05) is 39.3 Å². The molecule has 2 aliphatic carbocycles. The Balaban J connectivity index is 1.27. The number of nitrogens with zero attached hydrogens (tertiary/aromatic N) is 2. The number of hydrogen-bond acceptors (Lipinski definition) is 3. The van der Waals surface area contributed by atoms with Crippen LogP contribution in [0.25, 0.3) is 0 Å². The summed E-state index contributed by atoms with van der Waals surface area (Å²) >= 11 is 3.47. The third-order valence-corrected chi connectivity index (χ3v) is 8.02. The summed E-state index contributed by atoms with van der Waals surface area (Å²) in [6.45, 7) is 11.9. The van der Waals surface area contributed by atoms with Crippen LogP contribution in [-0.4, -0.2) is 55.0 Å². The van der Waals surface area contributed by atoms with Crippen LogP contribution in [0.4, 0.5) is 0 Å². The van der Waals surface area contributed by atoms with Gasteiger partial charge < -0.3 is 9.64 Å². The van der Waals surface area contributed by atoms with Gasteiger partial charge in [-0.2, -0.15) is 0 Å². The maximum atomic E-state index is 12.7. The van der Waals surface area contributed by atoms with Gasteiger partial charge in [0.15, 0.2) is 6.61 Å². The van der Waals surface area contributed by atoms with Gasteiger partial charge >= 0.3 is 0 Å². The summed E-state index contributed by atoms with van der Waals surface area (Å²) in [5.41, 5.74) is 1.57. The van der Waals surface area contributed by atoms with Gasteiger partial charge in [0.2, 0.25) is 0 Å². The van der Waals surface area contributed by atoms with Crippen molar-refractivity contribution in [3.05, 3.63) is 28.2 Å². The molecule has 3 aliphatic rings. The molecule has 2 atom stereocenters. The van der Waals surface area contributed by atoms with E-state index in [1.807, 2.05) is 30.0 Å². The molecule has 5 heteroatoms. The van der Waals surface area contributed by atoms with Crippen molar-refractivity contribution in [2.45, 2.75) is 52.9 Å². The molecule has 2 unspecified atom stereocenters. The molecule has 2 saturated carbocycles. The van der Waals surface area contributed by atoms with E-state index in [2.05, 4.69) is 34.7 Å². The van der Waals surface area contributed by atoms with Crippen LogP contribution in [0.1, 0.15) is 51.5 Å². The second-order valence-corrected chi connectivity index (χ2v) is 11.4. The van der Waals surface area contributed by atoms with Crippen LogP contribution in [0.5, 0.6) is 5.75 Å². The van der Waals surface area contributed by atoms with Crippen LogP contribution in [0.3, 0.4) is 0 Å². The maximum absolute atomic E-state index is 12.7. The van der Waals surface area contributed by atoms with Gasteiger partial charge in [0.25, 0.3) is 5.91 Å². The van der Waals surface area contributed by atoms with Gasteiger partial charge in [-0.05, 0) is 86.0 Å². The van der Waals surface area contributed by atoms with Gasteiger partial charge in [-0.3, -0.25) is 9.69 Å². The lowest BCUT2D eigenvalue weighted by Gasteiger charge is -2.52. The summed E-state index contributed by atoms with van der Waals surface area (Å²) in [5.74, 6) is 3.58. The number of rotatable bonds is 5. The molecule has 0 radical (unpaired) electrons. The normalized spacial score (nSPS) is 32.1. The fraction of sp³-hybridized carbons (Fsp3) is 0.720. The van der Waals surface area contributed by atoms with E-state index in [0.717, 1.165) is 59.7 Å². The predicted molar refractivity (Wildman–Crippen MR) is 125 cm³/mol. The van der Waals surface area contributed by atoms with Crippen LogP contribution in [0, 0.1) is 30.1 Å². The molecular formula is C25H37BrN2O2. The first-order valence-electron chi connectivity index (χ1n) is 11.7. The Labute approximate surface area is 190 Å². The van der Waals surface area contributed by atoms with Crippen molar-refractivity contribution in [1.29, 1.82) is 0 Å². The topological polar surface area (TPSA) is 32.8 Å². The maximum Gasteiger partial charge on any atom is 0.260 e. The van der Waals surface area contributed by atoms with Gasteiger partial charge in [0, 0.05) is 37.2 Å². The van der Waals surface area contributed by atoms with Crippen molar-refractivity contribution in [3.8, 4) is 5.75 Å². The molecule has 0 N–H and O–H groups in total. The van der Waals surface area contributed by atoms with E-state index in [9.17, 15) is 4.79 Å². The minimum Gasteiger partial charge on any atom is -0.483 e. The molecule has 1 aliphatic heterocycles. The third kappa shape index (κ3) is 5.21. The van der Waals surface area contributed by atoms with Crippen LogP contribution in [-0.2, 0) is 4.79 Å². The molecule has 2 bridgehead atoms. The van der Waals surface area contributed by atoms with E-state index >= 15 is 0 Å². The Bertz CT molecular complexity index is 740. The first-order chi connectivity index (χ1) is 14.3. The number of carbonyl (C=O) groups excluding carboxylic acids is 1. The monoisotopic (exact) mass is 476 g/mol. The van der Waals surface area contributed by atoms with Gasteiger partial charge in [-0.1, -0.05) is 29.8 Å². The SMILES string of the molecule is Cc1cc(Br)ccc1OCC(=O)N1CCN(CC23CC(C)CC(CC(C)C2)C3)CC1. The quantitative estimate of drug-likeness (QED) is 0.589. The lowest BCUT2D eigenvalue weighted by molar-refractivity contribution is -0.135. The Morgan fingerprint density at radius 2 is 1.77 bits per heavy atom. The van der Waals surface area contributed by atoms with Crippen LogP contribution < -0.4 is 4.74 Å². The molecule has 1 amide bonds. The summed E-state index contributed by atoms with van der Waals surface area (Å²) in [6.07, 6.45) is 7.10. The van der Waals surface area contributed by atoms with Crippen LogP contribution in [0.2, 0.25) is 0 Å². The van der Waals surface area contributed by atoms with Crippen LogP contribution in [0.15, 0.2) is 22.7 Å². The minimum absolute atomic E-state index is 0.104. The fourth-order valence-corrected chi connectivity index (χ4v) is 7.21. The lowest BCUT2D eigenvalue weighted by Crippen LogP contribution is -2.54. The Kier molecular flexibility index (Phi) is 6.79. The Hall–Kier alpha value is -1.07. The zero-order chi connectivity index (χ0) is 21.3. The molecule has 1 aromatic carbocycles. The number of amides is 1. The fourth-order valence-electron chi connectivity index (χ4n) is 6.74. The summed E-state index contributed by atoms with van der Waals surface area (Å²) in [7, 11) is 0. The van der Waals surface area contributed by atoms with E-state index in [-0.39, 0.29) is 12.5 Å². The number of hydrogen-bond donors (Lipinski definition) is 0. The Morgan fingerprint density at radius 3 is 2.40 bits per heavy atom. The van der Waals surface area contributed by atoms with Crippen molar-refractivity contribution in [2.24, 2.45) is 23.2 Å². The highest BCUT2D eigenvalue weighted by Gasteiger charge is 2.45. The van der Waals surface area contributed by atoms with Gasteiger partial charge in [0.1, 0.15) is 5.75 Å². The molecule has 1 heterocycles. The molecular weight excluding hydrogens is 440 g/mol. The average molecular weight is 477 g/mol. The number of aryl methyl sites for hydroxylation is 1. The number of halogens is 1. The number of piperazine rings is 1. The molecule has 0 aromatic heterocycles. The number of ether oxygens (including phenoxy) is 1. The zero-order valence-corrected chi connectivity index (χ0v) is 20.4. The first kappa shape index (κ1) is 22.1. The highest BCUT2D eigenvalue weighted by Crippen LogP contribution is 2.53. The molecule has 166 valence electrons. The standard InChI is InChI=1S/C25H37BrN2O2/c1-18-10-21-11-19(2)14-25(13-18,15-21)17-27-6-8-28(9-7-27)24(29)16-30-23-5-4-22(26)12-20(23)3/h4-5,12,18-19,21H,6-11,13-17H2,1-3H3. The first-order valence-corrected chi connectivity index (χ1v) is 12.5. The lowest BCUT2D eigenvalue weighted by atomic mass is 9.56. The minimum atomic E-state index is 0.104. The van der Waals surface area contributed by atoms with Crippen molar-refractivity contribution in [3.63, 3.8) is 0 Å². The number of benzene rings is 1. The highest BCUT2D eigenvalue weighted by molar-refractivity contribution is 9.10. The second-order valence-electron chi connectivity index (χ2n) is 10.5. The number of carbonyl (C=O) groups is 1. The Morgan fingerprint density at radius 1 is 1.10 bits per heavy atom. The van der Waals surface area contributed by atoms with Gasteiger partial charge in [-0.15, -0.1) is 0 Å². The summed E-state index contributed by atoms with van der Waals surface area (Å²) in [4.78, 5) is 17.3. The van der Waals surface area contributed by atoms with Crippen molar-refractivity contribution >= 4 is 21.8 Å². The summed E-state index contributed by atoms with van der Waals surface area (Å²) < 4.78 is 6.83. The average Bonchev–Trinajstić information content (AvgIpc) is 2.66. The molecule has 3 fully saturated rings. The number of fused-ring (bicyclic) bond motifs is 2. The van der Waals surface area contributed by atoms with E-state index in [4.69, 9.17) is 4.74 Å². The van der Waals surface area contributed by atoms with Crippen molar-refractivity contribution < 1.29 is 9.53 Å². The predicted octanol–water partition coefficient (Wildman–Crippen LogP) is 5.13.